The maximum absolute atomic E-state index is 11.8. The third-order valence-corrected chi connectivity index (χ3v) is 6.51. The molecule has 33 heavy (non-hydrogen) atoms. The molecule has 3 aromatic rings. The van der Waals surface area contributed by atoms with Crippen LogP contribution < -0.4 is 14.8 Å². The number of piperidine rings is 1. The molecule has 0 spiro atoms. The molecular formula is C24H24Cl2N4O3. The van der Waals surface area contributed by atoms with Crippen molar-refractivity contribution in [2.24, 2.45) is 0 Å². The Labute approximate surface area is 202 Å². The summed E-state index contributed by atoms with van der Waals surface area (Å²) in [6.07, 6.45) is 4.78. The monoisotopic (exact) mass is 486 g/mol. The zero-order chi connectivity index (χ0) is 23.5. The first kappa shape index (κ1) is 23.1. The number of amides is 1. The summed E-state index contributed by atoms with van der Waals surface area (Å²) in [6, 6.07) is 7.61. The third kappa shape index (κ3) is 4.70. The number of halogens is 2. The first-order chi connectivity index (χ1) is 15.9. The molecular weight excluding hydrogens is 463 g/mol. The summed E-state index contributed by atoms with van der Waals surface area (Å²) in [5.74, 6) is 1.48. The van der Waals surface area contributed by atoms with Crippen LogP contribution in [0, 0.1) is 0 Å². The molecule has 0 saturated carbocycles. The van der Waals surface area contributed by atoms with E-state index in [2.05, 4.69) is 21.9 Å². The molecule has 1 aliphatic rings. The van der Waals surface area contributed by atoms with Crippen molar-refractivity contribution in [3.63, 3.8) is 0 Å². The van der Waals surface area contributed by atoms with Crippen molar-refractivity contribution in [3.8, 4) is 22.6 Å². The second-order valence-corrected chi connectivity index (χ2v) is 8.46. The van der Waals surface area contributed by atoms with Crippen LogP contribution in [0.25, 0.3) is 22.0 Å². The van der Waals surface area contributed by atoms with Crippen LogP contribution in [0.2, 0.25) is 10.0 Å². The minimum Gasteiger partial charge on any atom is -0.495 e. The Morgan fingerprint density at radius 1 is 1.15 bits per heavy atom. The van der Waals surface area contributed by atoms with Crippen LogP contribution in [-0.2, 0) is 4.79 Å². The minimum atomic E-state index is -0.0277. The van der Waals surface area contributed by atoms with E-state index in [9.17, 15) is 4.79 Å². The van der Waals surface area contributed by atoms with Gasteiger partial charge in [0.05, 0.1) is 29.8 Å². The number of ether oxygens (including phenoxy) is 2. The summed E-state index contributed by atoms with van der Waals surface area (Å²) < 4.78 is 10.8. The average Bonchev–Trinajstić information content (AvgIpc) is 2.84. The number of anilines is 1. The standard InChI is InChI=1S/C24H24Cl2N4O3/c1-4-20(31)30-9-7-16(8-10-30)28-24-27-13-15-11-14(5-6-17(15)29-24)21-22(25)18(32-2)12-19(33-3)23(21)26/h4-6,11-13,16H,1,7-10H2,2-3H3,(H,27,28,29). The van der Waals surface area contributed by atoms with Gasteiger partial charge in [0.2, 0.25) is 11.9 Å². The fourth-order valence-corrected chi connectivity index (χ4v) is 4.67. The van der Waals surface area contributed by atoms with Crippen LogP contribution in [0.3, 0.4) is 0 Å². The fraction of sp³-hybridized carbons (Fsp3) is 0.292. The zero-order valence-electron chi connectivity index (χ0n) is 18.4. The van der Waals surface area contributed by atoms with Gasteiger partial charge in [0.25, 0.3) is 0 Å². The summed E-state index contributed by atoms with van der Waals surface area (Å²) in [5, 5.41) is 5.04. The summed E-state index contributed by atoms with van der Waals surface area (Å²) in [4.78, 5) is 22.7. The molecule has 1 amide bonds. The van der Waals surface area contributed by atoms with Gasteiger partial charge in [-0.3, -0.25) is 4.79 Å². The predicted octanol–water partition coefficient (Wildman–Crippen LogP) is 5.21. The van der Waals surface area contributed by atoms with Crippen molar-refractivity contribution in [2.75, 3.05) is 32.6 Å². The second kappa shape index (κ2) is 9.85. The van der Waals surface area contributed by atoms with Crippen LogP contribution in [0.1, 0.15) is 12.8 Å². The van der Waals surface area contributed by atoms with E-state index in [1.807, 2.05) is 18.2 Å². The smallest absolute Gasteiger partial charge is 0.245 e. The van der Waals surface area contributed by atoms with Crippen molar-refractivity contribution in [3.05, 3.63) is 53.2 Å². The van der Waals surface area contributed by atoms with Crippen LogP contribution in [0.15, 0.2) is 43.1 Å². The second-order valence-electron chi connectivity index (χ2n) is 7.70. The normalized spacial score (nSPS) is 14.2. The highest BCUT2D eigenvalue weighted by molar-refractivity contribution is 6.41. The van der Waals surface area contributed by atoms with E-state index < -0.39 is 0 Å². The van der Waals surface area contributed by atoms with Gasteiger partial charge in [-0.25, -0.2) is 9.97 Å². The van der Waals surface area contributed by atoms with Crippen molar-refractivity contribution >= 4 is 46.0 Å². The number of carbonyl (C=O) groups excluding carboxylic acids is 1. The van der Waals surface area contributed by atoms with Crippen molar-refractivity contribution < 1.29 is 14.3 Å². The van der Waals surface area contributed by atoms with Gasteiger partial charge in [-0.05, 0) is 36.6 Å². The lowest BCUT2D eigenvalue weighted by molar-refractivity contribution is -0.126. The lowest BCUT2D eigenvalue weighted by Crippen LogP contribution is -2.41. The molecule has 7 nitrogen and oxygen atoms in total. The SMILES string of the molecule is C=CC(=O)N1CCC(Nc2ncc3cc(-c4c(Cl)c(OC)cc(OC)c4Cl)ccc3n2)CC1. The molecule has 1 N–H and O–H groups in total. The first-order valence-corrected chi connectivity index (χ1v) is 11.3. The number of methoxy groups -OCH3 is 2. The number of aromatic nitrogens is 2. The highest BCUT2D eigenvalue weighted by atomic mass is 35.5. The number of likely N-dealkylation sites (tertiary alicyclic amines) is 1. The molecule has 0 atom stereocenters. The Bertz CT molecular complexity index is 1180. The summed E-state index contributed by atoms with van der Waals surface area (Å²) in [7, 11) is 3.09. The van der Waals surface area contributed by atoms with Gasteiger partial charge in [-0.15, -0.1) is 0 Å². The van der Waals surface area contributed by atoms with Gasteiger partial charge >= 0.3 is 0 Å². The van der Waals surface area contributed by atoms with Crippen molar-refractivity contribution in [2.45, 2.75) is 18.9 Å². The van der Waals surface area contributed by atoms with Gasteiger partial charge < -0.3 is 19.7 Å². The molecule has 9 heteroatoms. The van der Waals surface area contributed by atoms with Crippen molar-refractivity contribution in [1.29, 1.82) is 0 Å². The maximum atomic E-state index is 11.8. The molecule has 0 radical (unpaired) electrons. The molecule has 4 rings (SSSR count). The molecule has 172 valence electrons. The largest absolute Gasteiger partial charge is 0.495 e. The molecule has 0 aliphatic carbocycles. The molecule has 1 saturated heterocycles. The Kier molecular flexibility index (Phi) is 6.91. The molecule has 1 aromatic heterocycles. The van der Waals surface area contributed by atoms with Crippen molar-refractivity contribution in [1.82, 2.24) is 14.9 Å². The van der Waals surface area contributed by atoms with Crippen LogP contribution >= 0.6 is 23.2 Å². The van der Waals surface area contributed by atoms with E-state index in [-0.39, 0.29) is 11.9 Å². The van der Waals surface area contributed by atoms with E-state index in [1.54, 1.807) is 31.4 Å². The highest BCUT2D eigenvalue weighted by Crippen LogP contribution is 2.46. The Morgan fingerprint density at radius 3 is 2.42 bits per heavy atom. The highest BCUT2D eigenvalue weighted by Gasteiger charge is 2.22. The summed E-state index contributed by atoms with van der Waals surface area (Å²) >= 11 is 13.1. The van der Waals surface area contributed by atoms with Gasteiger partial charge in [-0.2, -0.15) is 0 Å². The predicted molar refractivity (Wildman–Crippen MR) is 132 cm³/mol. The topological polar surface area (TPSA) is 76.6 Å². The average molecular weight is 487 g/mol. The number of hydrogen-bond acceptors (Lipinski definition) is 6. The van der Waals surface area contributed by atoms with E-state index in [0.29, 0.717) is 46.1 Å². The number of hydrogen-bond donors (Lipinski definition) is 1. The van der Waals surface area contributed by atoms with Gasteiger partial charge in [0.15, 0.2) is 0 Å². The van der Waals surface area contributed by atoms with E-state index in [0.717, 1.165) is 29.3 Å². The molecule has 0 unspecified atom stereocenters. The quantitative estimate of drug-likeness (QED) is 0.481. The van der Waals surface area contributed by atoms with Gasteiger partial charge in [0, 0.05) is 42.3 Å². The maximum Gasteiger partial charge on any atom is 0.245 e. The van der Waals surface area contributed by atoms with E-state index in [1.165, 1.54) is 6.08 Å². The van der Waals surface area contributed by atoms with Crippen LogP contribution in [0.4, 0.5) is 5.95 Å². The number of nitrogens with zero attached hydrogens (tertiary/aromatic N) is 3. The number of benzene rings is 2. The lowest BCUT2D eigenvalue weighted by Gasteiger charge is -2.31. The minimum absolute atomic E-state index is 0.0277. The molecule has 0 bridgehead atoms. The number of fused-ring (bicyclic) bond motifs is 1. The van der Waals surface area contributed by atoms with Crippen LogP contribution in [0.5, 0.6) is 11.5 Å². The molecule has 1 aliphatic heterocycles. The fourth-order valence-electron chi connectivity index (χ4n) is 3.95. The molecule has 2 aromatic carbocycles. The van der Waals surface area contributed by atoms with Gasteiger partial charge in [-0.1, -0.05) is 35.8 Å². The Balaban J connectivity index is 1.57. The Hall–Kier alpha value is -3.03. The summed E-state index contributed by atoms with van der Waals surface area (Å²) in [5.41, 5.74) is 2.22. The number of nitrogens with one attached hydrogen (secondary N) is 1. The molecule has 2 heterocycles. The zero-order valence-corrected chi connectivity index (χ0v) is 19.9. The molecule has 1 fully saturated rings. The van der Waals surface area contributed by atoms with E-state index >= 15 is 0 Å². The number of carbonyl (C=O) groups is 1. The Morgan fingerprint density at radius 2 is 1.82 bits per heavy atom. The number of rotatable bonds is 6. The van der Waals surface area contributed by atoms with E-state index in [4.69, 9.17) is 32.7 Å². The first-order valence-electron chi connectivity index (χ1n) is 10.5. The van der Waals surface area contributed by atoms with Gasteiger partial charge in [0.1, 0.15) is 11.5 Å². The third-order valence-electron chi connectivity index (χ3n) is 5.76. The lowest BCUT2D eigenvalue weighted by atomic mass is 10.0. The summed E-state index contributed by atoms with van der Waals surface area (Å²) in [6.45, 7) is 4.92. The van der Waals surface area contributed by atoms with Crippen LogP contribution in [-0.4, -0.2) is 54.1 Å².